The van der Waals surface area contributed by atoms with Gasteiger partial charge >= 0.3 is 0 Å². The molecule has 6 aromatic carbocycles. The Labute approximate surface area is 486 Å². The molecule has 2 aliphatic rings. The van der Waals surface area contributed by atoms with Crippen LogP contribution >= 0.6 is 0 Å². The molecule has 0 aliphatic carbocycles. The van der Waals surface area contributed by atoms with Crippen molar-refractivity contribution in [2.75, 3.05) is 0 Å². The summed E-state index contributed by atoms with van der Waals surface area (Å²) in [5, 5.41) is 6.27. The van der Waals surface area contributed by atoms with Gasteiger partial charge in [-0.2, -0.15) is 0 Å². The number of H-pyrrole nitrogens is 4. The van der Waals surface area contributed by atoms with E-state index in [1.54, 1.807) is 0 Å². The van der Waals surface area contributed by atoms with Crippen molar-refractivity contribution in [2.24, 2.45) is 0 Å². The Balaban J connectivity index is 1.15. The van der Waals surface area contributed by atoms with Crippen LogP contribution in [0.25, 0.3) is 167 Å². The lowest BCUT2D eigenvalue weighted by molar-refractivity contribution is 0.667. The summed E-state index contributed by atoms with van der Waals surface area (Å²) in [5.41, 5.74) is 26.4. The van der Waals surface area contributed by atoms with Crippen LogP contribution in [0.5, 0.6) is 0 Å². The predicted molar refractivity (Wildman–Crippen MR) is 354 cm³/mol. The second kappa shape index (κ2) is 20.5. The van der Waals surface area contributed by atoms with E-state index in [1.165, 1.54) is 36.8 Å². The number of rotatable bonds is 14. The highest BCUT2D eigenvalue weighted by Crippen LogP contribution is 2.48. The number of hydrogen-bond donors (Lipinski definition) is 4. The van der Waals surface area contributed by atoms with Crippen LogP contribution in [0.4, 0.5) is 0 Å². The van der Waals surface area contributed by atoms with Crippen molar-refractivity contribution < 1.29 is 0 Å². The van der Waals surface area contributed by atoms with Crippen molar-refractivity contribution >= 4 is 123 Å². The van der Waals surface area contributed by atoms with Crippen LogP contribution in [-0.2, 0) is 12.8 Å². The SMILES string of the molecule is CCCCCCc1c2nc(c(-c3ccccc3)c3cc4c5cc6nc5c5c7[nH]c(cc7c7cc(nc7c5c4[nH]3)c(-c3ccccc3)c3ccc1[nH]3)c(-c1ccccc1)c1nc(c(CCCCCC)c3ccc([nH]3)c6-c3ccccc3)C=C1)C=C2. The summed E-state index contributed by atoms with van der Waals surface area (Å²) in [6, 6.07) is 61.6. The fourth-order valence-corrected chi connectivity index (χ4v) is 13.8. The molecule has 8 nitrogen and oxygen atoms in total. The highest BCUT2D eigenvalue weighted by Gasteiger charge is 2.26. The lowest BCUT2D eigenvalue weighted by Gasteiger charge is -2.07. The van der Waals surface area contributed by atoms with E-state index in [2.05, 4.69) is 228 Å². The third-order valence-electron chi connectivity index (χ3n) is 17.8. The molecular weight excluding hydrogens is 1020 g/mol. The van der Waals surface area contributed by atoms with Crippen LogP contribution in [0.1, 0.15) is 99.1 Å². The highest BCUT2D eigenvalue weighted by atomic mass is 14.8. The largest absolute Gasteiger partial charge is 0.355 e. The fourth-order valence-electron chi connectivity index (χ4n) is 13.8. The van der Waals surface area contributed by atoms with E-state index in [-0.39, 0.29) is 0 Å². The zero-order valence-corrected chi connectivity index (χ0v) is 47.3. The van der Waals surface area contributed by atoms with Crippen LogP contribution < -0.4 is 0 Å². The van der Waals surface area contributed by atoms with Crippen LogP contribution in [0.3, 0.4) is 0 Å². The summed E-state index contributed by atoms with van der Waals surface area (Å²) in [6.45, 7) is 4.55. The van der Waals surface area contributed by atoms with Gasteiger partial charge in [-0.3, -0.25) is 0 Å². The molecule has 0 unspecified atom stereocenters. The van der Waals surface area contributed by atoms with E-state index in [4.69, 9.17) is 19.9 Å². The summed E-state index contributed by atoms with van der Waals surface area (Å²) in [4.78, 5) is 39.6. The van der Waals surface area contributed by atoms with Gasteiger partial charge in [-0.05, 0) is 121 Å². The van der Waals surface area contributed by atoms with Gasteiger partial charge in [0.2, 0.25) is 0 Å². The average Bonchev–Trinajstić information content (AvgIpc) is 1.72. The molecule has 0 spiro atoms. The predicted octanol–water partition coefficient (Wildman–Crippen LogP) is 20.5. The van der Waals surface area contributed by atoms with Gasteiger partial charge in [-0.25, -0.2) is 19.9 Å². The molecule has 8 heteroatoms. The first kappa shape index (κ1) is 49.9. The Morgan fingerprint density at radius 1 is 0.310 bits per heavy atom. The van der Waals surface area contributed by atoms with Crippen molar-refractivity contribution in [1.82, 2.24) is 39.9 Å². The Hall–Kier alpha value is -9.92. The van der Waals surface area contributed by atoms with Crippen molar-refractivity contribution in [3.63, 3.8) is 0 Å². The topological polar surface area (TPSA) is 115 Å². The lowest BCUT2D eigenvalue weighted by atomic mass is 9.97. The van der Waals surface area contributed by atoms with Gasteiger partial charge in [0.1, 0.15) is 0 Å². The lowest BCUT2D eigenvalue weighted by Crippen LogP contribution is -1.92. The van der Waals surface area contributed by atoms with Crippen molar-refractivity contribution in [3.05, 3.63) is 204 Å². The average molecular weight is 1090 g/mol. The van der Waals surface area contributed by atoms with Crippen LogP contribution in [-0.4, -0.2) is 39.9 Å². The van der Waals surface area contributed by atoms with Gasteiger partial charge in [0.05, 0.1) is 55.9 Å². The van der Waals surface area contributed by atoms with Crippen LogP contribution in [0.2, 0.25) is 0 Å². The normalized spacial score (nSPS) is 12.5. The Bertz CT molecular complexity index is 4810. The molecule has 16 bridgehead atoms. The quantitative estimate of drug-likeness (QED) is 0.0812. The monoisotopic (exact) mass is 1090 g/mol. The van der Waals surface area contributed by atoms with Crippen LogP contribution in [0.15, 0.2) is 170 Å². The molecule has 0 atom stereocenters. The van der Waals surface area contributed by atoms with Gasteiger partial charge in [0, 0.05) is 98.8 Å². The Kier molecular flexibility index (Phi) is 12.2. The number of aromatic amines is 4. The molecule has 8 aromatic heterocycles. The second-order valence-electron chi connectivity index (χ2n) is 23.0. The molecule has 0 fully saturated rings. The summed E-state index contributed by atoms with van der Waals surface area (Å²) in [6.07, 6.45) is 19.9. The van der Waals surface area contributed by atoms with E-state index < -0.39 is 0 Å². The minimum atomic E-state index is 0.889. The summed E-state index contributed by atoms with van der Waals surface area (Å²) < 4.78 is 0. The third kappa shape index (κ3) is 8.25. The fraction of sp³-hybridized carbons (Fsp3) is 0.158. The second-order valence-corrected chi connectivity index (χ2v) is 23.0. The Morgan fingerprint density at radius 3 is 1.07 bits per heavy atom. The molecule has 0 radical (unpaired) electrons. The molecule has 406 valence electrons. The number of fused-ring (bicyclic) bond motifs is 14. The summed E-state index contributed by atoms with van der Waals surface area (Å²) in [5.74, 6) is 0. The van der Waals surface area contributed by atoms with E-state index in [0.29, 0.717) is 0 Å². The third-order valence-corrected chi connectivity index (χ3v) is 17.8. The number of aromatic nitrogens is 8. The molecule has 84 heavy (non-hydrogen) atoms. The zero-order valence-electron chi connectivity index (χ0n) is 47.3. The molecule has 10 heterocycles. The van der Waals surface area contributed by atoms with E-state index in [9.17, 15) is 0 Å². The number of nitrogens with one attached hydrogen (secondary N) is 4. The minimum Gasteiger partial charge on any atom is -0.355 e. The molecule has 4 N–H and O–H groups in total. The highest BCUT2D eigenvalue weighted by molar-refractivity contribution is 6.39. The maximum absolute atomic E-state index is 5.96. The summed E-state index contributed by atoms with van der Waals surface area (Å²) >= 11 is 0. The van der Waals surface area contributed by atoms with Crippen LogP contribution in [0, 0.1) is 0 Å². The molecule has 0 saturated carbocycles. The van der Waals surface area contributed by atoms with Gasteiger partial charge < -0.3 is 19.9 Å². The van der Waals surface area contributed by atoms with E-state index in [0.717, 1.165) is 204 Å². The summed E-state index contributed by atoms with van der Waals surface area (Å²) in [7, 11) is 0. The van der Waals surface area contributed by atoms with E-state index in [1.807, 2.05) is 0 Å². The first-order valence-corrected chi connectivity index (χ1v) is 30.3. The number of nitrogens with zero attached hydrogens (tertiary/aromatic N) is 4. The molecule has 14 aromatic rings. The van der Waals surface area contributed by atoms with Gasteiger partial charge in [-0.15, -0.1) is 0 Å². The van der Waals surface area contributed by atoms with Crippen molar-refractivity contribution in [1.29, 1.82) is 0 Å². The number of aryl methyl sites for hydroxylation is 2. The zero-order chi connectivity index (χ0) is 55.8. The van der Waals surface area contributed by atoms with Gasteiger partial charge in [0.15, 0.2) is 0 Å². The maximum atomic E-state index is 5.96. The van der Waals surface area contributed by atoms with E-state index >= 15 is 0 Å². The van der Waals surface area contributed by atoms with Gasteiger partial charge in [-0.1, -0.05) is 174 Å². The van der Waals surface area contributed by atoms with Gasteiger partial charge in [0.25, 0.3) is 0 Å². The standard InChI is InChI=1S/C76H62N8/c1-3-5-7-21-31-49-55-33-37-59(77-55)67(45-23-13-9-14-24-45)63-41-51-53-43-65-69(47-27-17-11-18-28-47)61-39-35-57(79-61)50(32-22-8-6-4-2)58-36-40-62(80-58)70(48-29-19-12-20-30-48)66-44-54-52-42-64(68(46-25-15-10-16-26-46)60-38-34-56(49)78-60)82-74(52)71(73(51)81-63)72(75(53)83-65)76(54)84-66/h9-20,23-30,33-44,77,80,82-83H,3-8,21-22,31-32H2,1-2H3. The smallest absolute Gasteiger partial charge is 0.0818 e. The minimum absolute atomic E-state index is 0.889. The first-order chi connectivity index (χ1) is 41.6. The number of hydrogen-bond acceptors (Lipinski definition) is 4. The van der Waals surface area contributed by atoms with Crippen molar-refractivity contribution in [3.8, 4) is 44.5 Å². The first-order valence-electron chi connectivity index (χ1n) is 30.3. The number of unbranched alkanes of at least 4 members (excludes halogenated alkanes) is 6. The number of benzene rings is 6. The molecular formula is C76H62N8. The van der Waals surface area contributed by atoms with Crippen molar-refractivity contribution in [2.45, 2.75) is 78.1 Å². The molecule has 0 amide bonds. The maximum Gasteiger partial charge on any atom is 0.0818 e. The molecule has 16 rings (SSSR count). The molecule has 0 saturated heterocycles. The molecule has 2 aliphatic heterocycles. The Morgan fingerprint density at radius 2 is 0.679 bits per heavy atom.